The minimum Gasteiger partial charge on any atom is -0.481 e. The Labute approximate surface area is 116 Å². The van der Waals surface area contributed by atoms with Gasteiger partial charge in [-0.05, 0) is 24.7 Å². The van der Waals surface area contributed by atoms with E-state index in [1.807, 2.05) is 4.90 Å². The number of ether oxygens (including phenoxy) is 1. The van der Waals surface area contributed by atoms with E-state index < -0.39 is 17.7 Å². The van der Waals surface area contributed by atoms with Crippen molar-refractivity contribution >= 4 is 5.97 Å². The van der Waals surface area contributed by atoms with Crippen molar-refractivity contribution in [3.05, 3.63) is 35.1 Å². The Kier molecular flexibility index (Phi) is 4.32. The van der Waals surface area contributed by atoms with Crippen LogP contribution >= 0.6 is 0 Å². The Balaban J connectivity index is 2.10. The van der Waals surface area contributed by atoms with Crippen LogP contribution in [0, 0.1) is 23.1 Å². The first-order valence-corrected chi connectivity index (χ1v) is 6.22. The average molecular weight is 278 g/mol. The molecular weight excluding hydrogens is 263 g/mol. The zero-order chi connectivity index (χ0) is 14.7. The fraction of sp³-hybridized carbons (Fsp3) is 0.429. The van der Waals surface area contributed by atoms with E-state index in [0.717, 1.165) is 5.56 Å². The number of benzene rings is 1. The first-order valence-electron chi connectivity index (χ1n) is 6.22. The Morgan fingerprint density at radius 1 is 1.60 bits per heavy atom. The van der Waals surface area contributed by atoms with Gasteiger partial charge in [0.2, 0.25) is 0 Å². The van der Waals surface area contributed by atoms with Gasteiger partial charge in [-0.15, -0.1) is 0 Å². The molecule has 2 rings (SSSR count). The van der Waals surface area contributed by atoms with Crippen molar-refractivity contribution in [2.24, 2.45) is 5.92 Å². The molecule has 1 fully saturated rings. The molecule has 20 heavy (non-hydrogen) atoms. The summed E-state index contributed by atoms with van der Waals surface area (Å²) in [4.78, 5) is 13.0. The number of hydrogen-bond donors (Lipinski definition) is 1. The highest BCUT2D eigenvalue weighted by Crippen LogP contribution is 2.21. The fourth-order valence-corrected chi connectivity index (χ4v) is 2.37. The summed E-state index contributed by atoms with van der Waals surface area (Å²) in [5.74, 6) is -1.99. The highest BCUT2D eigenvalue weighted by atomic mass is 19.1. The van der Waals surface area contributed by atoms with Crippen molar-refractivity contribution in [2.45, 2.75) is 12.6 Å². The minimum absolute atomic E-state index is 0.00615. The number of hydrogen-bond acceptors (Lipinski definition) is 4. The molecule has 1 saturated heterocycles. The number of carboxylic acid groups (broad SMARTS) is 1. The number of carboxylic acids is 1. The zero-order valence-electron chi connectivity index (χ0n) is 11.0. The molecular formula is C14H15FN2O3. The lowest BCUT2D eigenvalue weighted by molar-refractivity contribution is -0.143. The number of rotatable bonds is 4. The van der Waals surface area contributed by atoms with E-state index >= 15 is 0 Å². The molecule has 1 heterocycles. The van der Waals surface area contributed by atoms with Gasteiger partial charge >= 0.3 is 5.97 Å². The quantitative estimate of drug-likeness (QED) is 0.896. The normalized spacial score (nSPS) is 21.9. The third-order valence-electron chi connectivity index (χ3n) is 3.52. The van der Waals surface area contributed by atoms with Crippen LogP contribution in [-0.4, -0.2) is 42.3 Å². The third kappa shape index (κ3) is 2.95. The first-order chi connectivity index (χ1) is 9.52. The predicted octanol–water partition coefficient (Wildman–Crippen LogP) is 1.23. The Hall–Kier alpha value is -1.97. The summed E-state index contributed by atoms with van der Waals surface area (Å²) in [6.07, 6.45) is 0. The second-order valence-electron chi connectivity index (χ2n) is 4.89. The van der Waals surface area contributed by atoms with Gasteiger partial charge < -0.3 is 9.84 Å². The van der Waals surface area contributed by atoms with Crippen LogP contribution in [0.5, 0.6) is 0 Å². The molecule has 2 atom stereocenters. The van der Waals surface area contributed by atoms with Gasteiger partial charge in [0.15, 0.2) is 0 Å². The molecule has 0 aliphatic carbocycles. The molecule has 2 unspecified atom stereocenters. The Bertz CT molecular complexity index is 556. The summed E-state index contributed by atoms with van der Waals surface area (Å²) in [6, 6.07) is 5.90. The molecule has 0 aromatic heterocycles. The van der Waals surface area contributed by atoms with Crippen molar-refractivity contribution in [1.82, 2.24) is 4.90 Å². The van der Waals surface area contributed by atoms with E-state index in [-0.39, 0.29) is 18.2 Å². The summed E-state index contributed by atoms with van der Waals surface area (Å²) >= 11 is 0. The van der Waals surface area contributed by atoms with Crippen molar-refractivity contribution < 1.29 is 19.0 Å². The van der Waals surface area contributed by atoms with Crippen LogP contribution in [-0.2, 0) is 16.1 Å². The maximum atomic E-state index is 13.2. The molecule has 0 radical (unpaired) electrons. The lowest BCUT2D eigenvalue weighted by atomic mass is 10.0. The molecule has 1 N–H and O–H groups in total. The minimum atomic E-state index is -0.879. The van der Waals surface area contributed by atoms with Gasteiger partial charge in [0.25, 0.3) is 0 Å². The average Bonchev–Trinajstić information content (AvgIpc) is 2.90. The van der Waals surface area contributed by atoms with Crippen LogP contribution in [0.1, 0.15) is 11.1 Å². The highest BCUT2D eigenvalue weighted by molar-refractivity contribution is 5.71. The molecule has 106 valence electrons. The number of halogens is 1. The third-order valence-corrected chi connectivity index (χ3v) is 3.52. The van der Waals surface area contributed by atoms with Crippen molar-refractivity contribution in [2.75, 3.05) is 20.3 Å². The highest BCUT2D eigenvalue weighted by Gasteiger charge is 2.36. The van der Waals surface area contributed by atoms with Crippen molar-refractivity contribution in [3.63, 3.8) is 0 Å². The lowest BCUT2D eigenvalue weighted by Gasteiger charge is -2.26. The van der Waals surface area contributed by atoms with Crippen LogP contribution in [0.15, 0.2) is 18.2 Å². The summed E-state index contributed by atoms with van der Waals surface area (Å²) in [5.41, 5.74) is 0.759. The topological polar surface area (TPSA) is 73.6 Å². The standard InChI is InChI=1S/C14H15FN2O3/c1-17(13-8-20-7-11(13)14(18)19)6-9-2-3-12(15)10(4-9)5-16/h2-4,11,13H,6-8H2,1H3,(H,18,19). The molecule has 1 aromatic carbocycles. The van der Waals surface area contributed by atoms with E-state index in [0.29, 0.717) is 13.2 Å². The smallest absolute Gasteiger partial charge is 0.310 e. The number of nitriles is 1. The summed E-state index contributed by atoms with van der Waals surface area (Å²) < 4.78 is 18.5. The number of carbonyl (C=O) groups is 1. The largest absolute Gasteiger partial charge is 0.481 e. The number of aliphatic carboxylic acids is 1. The molecule has 0 amide bonds. The SMILES string of the molecule is CN(Cc1ccc(F)c(C#N)c1)C1COCC1C(=O)O. The summed E-state index contributed by atoms with van der Waals surface area (Å²) in [7, 11) is 1.80. The molecule has 1 aliphatic heterocycles. The summed E-state index contributed by atoms with van der Waals surface area (Å²) in [5, 5.41) is 17.9. The second-order valence-corrected chi connectivity index (χ2v) is 4.89. The lowest BCUT2D eigenvalue weighted by Crippen LogP contribution is -2.40. The van der Waals surface area contributed by atoms with Gasteiger partial charge in [-0.25, -0.2) is 4.39 Å². The molecule has 5 nitrogen and oxygen atoms in total. The molecule has 1 aliphatic rings. The van der Waals surface area contributed by atoms with Gasteiger partial charge in [0.1, 0.15) is 11.9 Å². The van der Waals surface area contributed by atoms with E-state index in [1.165, 1.54) is 12.1 Å². The fourth-order valence-electron chi connectivity index (χ4n) is 2.37. The number of likely N-dealkylation sites (N-methyl/N-ethyl adjacent to an activating group) is 1. The zero-order valence-corrected chi connectivity index (χ0v) is 11.0. The van der Waals surface area contributed by atoms with Crippen LogP contribution < -0.4 is 0 Å². The second kappa shape index (κ2) is 5.99. The monoisotopic (exact) mass is 278 g/mol. The van der Waals surface area contributed by atoms with Gasteiger partial charge in [-0.1, -0.05) is 6.07 Å². The van der Waals surface area contributed by atoms with Crippen molar-refractivity contribution in [3.8, 4) is 6.07 Å². The van der Waals surface area contributed by atoms with Gasteiger partial charge in [-0.3, -0.25) is 9.69 Å². The van der Waals surface area contributed by atoms with Crippen LogP contribution in [0.4, 0.5) is 4.39 Å². The van der Waals surface area contributed by atoms with Gasteiger partial charge in [-0.2, -0.15) is 5.26 Å². The summed E-state index contributed by atoms with van der Waals surface area (Å²) in [6.45, 7) is 1.00. The molecule has 0 saturated carbocycles. The van der Waals surface area contributed by atoms with Crippen LogP contribution in [0.25, 0.3) is 0 Å². The first kappa shape index (κ1) is 14.4. The molecule has 0 bridgehead atoms. The Morgan fingerprint density at radius 3 is 3.00 bits per heavy atom. The van der Waals surface area contributed by atoms with Crippen molar-refractivity contribution in [1.29, 1.82) is 5.26 Å². The number of nitrogens with zero attached hydrogens (tertiary/aromatic N) is 2. The molecule has 6 heteroatoms. The molecule has 0 spiro atoms. The maximum absolute atomic E-state index is 13.2. The maximum Gasteiger partial charge on any atom is 0.310 e. The van der Waals surface area contributed by atoms with E-state index in [2.05, 4.69) is 0 Å². The van der Waals surface area contributed by atoms with Gasteiger partial charge in [0.05, 0.1) is 24.7 Å². The van der Waals surface area contributed by atoms with Gasteiger partial charge in [0, 0.05) is 12.6 Å². The van der Waals surface area contributed by atoms with Crippen LogP contribution in [0.3, 0.4) is 0 Å². The molecule has 1 aromatic rings. The Morgan fingerprint density at radius 2 is 2.35 bits per heavy atom. The van der Waals surface area contributed by atoms with E-state index in [9.17, 15) is 9.18 Å². The van der Waals surface area contributed by atoms with E-state index in [4.69, 9.17) is 15.1 Å². The predicted molar refractivity (Wildman–Crippen MR) is 68.3 cm³/mol. The van der Waals surface area contributed by atoms with E-state index in [1.54, 1.807) is 19.2 Å². The van der Waals surface area contributed by atoms with Crippen LogP contribution in [0.2, 0.25) is 0 Å².